The lowest BCUT2D eigenvalue weighted by atomic mass is 10.2. The molecule has 0 spiro atoms. The highest BCUT2D eigenvalue weighted by atomic mass is 35.5. The Balaban J connectivity index is 2.37. The number of hydrogen-bond donors (Lipinski definition) is 1. The quantitative estimate of drug-likeness (QED) is 0.655. The number of anilines is 1. The topological polar surface area (TPSA) is 111 Å². The van der Waals surface area contributed by atoms with E-state index in [1.807, 2.05) is 0 Å². The van der Waals surface area contributed by atoms with Gasteiger partial charge in [0.1, 0.15) is 5.75 Å². The van der Waals surface area contributed by atoms with Crippen LogP contribution in [0.5, 0.6) is 5.75 Å². The first-order valence-corrected chi connectivity index (χ1v) is 7.98. The van der Waals surface area contributed by atoms with Gasteiger partial charge in [0, 0.05) is 6.07 Å². The fourth-order valence-electron chi connectivity index (χ4n) is 1.44. The minimum atomic E-state index is -3.89. The average Bonchev–Trinajstić information content (AvgIpc) is 2.86. The maximum absolute atomic E-state index is 12.1. The van der Waals surface area contributed by atoms with Gasteiger partial charge in [-0.05, 0) is 6.07 Å². The van der Waals surface area contributed by atoms with Gasteiger partial charge in [0.05, 0.1) is 30.0 Å². The van der Waals surface area contributed by atoms with Gasteiger partial charge in [-0.15, -0.1) is 0 Å². The first-order chi connectivity index (χ1) is 9.83. The van der Waals surface area contributed by atoms with Crippen molar-refractivity contribution in [3.63, 3.8) is 0 Å². The molecule has 0 amide bonds. The lowest BCUT2D eigenvalue weighted by Gasteiger charge is -2.10. The number of ether oxygens (including phenoxy) is 1. The van der Waals surface area contributed by atoms with Crippen molar-refractivity contribution in [3.8, 4) is 5.75 Å². The first kappa shape index (κ1) is 15.5. The van der Waals surface area contributed by atoms with Crippen LogP contribution < -0.4 is 9.46 Å². The van der Waals surface area contributed by atoms with Gasteiger partial charge < -0.3 is 4.74 Å². The van der Waals surface area contributed by atoms with Crippen LogP contribution in [0.2, 0.25) is 4.47 Å². The molecule has 1 aromatic carbocycles. The number of nitrogens with one attached hydrogen (secondary N) is 1. The molecule has 112 valence electrons. The summed E-state index contributed by atoms with van der Waals surface area (Å²) in [6.07, 6.45) is 1.12. The van der Waals surface area contributed by atoms with Crippen molar-refractivity contribution in [2.75, 3.05) is 11.8 Å². The van der Waals surface area contributed by atoms with Gasteiger partial charge in [0.15, 0.2) is 8.68 Å². The van der Waals surface area contributed by atoms with Gasteiger partial charge in [0.25, 0.3) is 15.7 Å². The Morgan fingerprint density at radius 1 is 1.48 bits per heavy atom. The van der Waals surface area contributed by atoms with E-state index in [1.165, 1.54) is 19.2 Å². The third kappa shape index (κ3) is 3.40. The molecule has 0 aliphatic rings. The molecular weight excluding hydrogens is 342 g/mol. The number of nitro groups is 1. The summed E-state index contributed by atoms with van der Waals surface area (Å²) in [6.45, 7) is 0. The Morgan fingerprint density at radius 2 is 2.19 bits per heavy atom. The van der Waals surface area contributed by atoms with Gasteiger partial charge in [-0.1, -0.05) is 22.9 Å². The summed E-state index contributed by atoms with van der Waals surface area (Å²) < 4.78 is 31.5. The van der Waals surface area contributed by atoms with Gasteiger partial charge in [-0.25, -0.2) is 13.4 Å². The summed E-state index contributed by atoms with van der Waals surface area (Å²) in [6, 6.07) is 3.54. The van der Waals surface area contributed by atoms with Gasteiger partial charge >= 0.3 is 0 Å². The monoisotopic (exact) mass is 349 g/mol. The molecule has 2 rings (SSSR count). The summed E-state index contributed by atoms with van der Waals surface area (Å²) in [5.74, 6) is 0.0309. The number of methoxy groups -OCH3 is 1. The molecule has 0 aliphatic heterocycles. The van der Waals surface area contributed by atoms with Crippen LogP contribution in [0, 0.1) is 10.1 Å². The van der Waals surface area contributed by atoms with E-state index >= 15 is 0 Å². The SMILES string of the molecule is COc1cc([N+](=O)[O-])ccc1NS(=O)(=O)c1cnc(Cl)s1. The molecule has 0 unspecified atom stereocenters. The second-order valence-corrected chi connectivity index (χ2v) is 7.20. The number of sulfonamides is 1. The van der Waals surface area contributed by atoms with Crippen LogP contribution in [0.1, 0.15) is 0 Å². The zero-order chi connectivity index (χ0) is 15.6. The predicted octanol–water partition coefficient (Wildman–Crippen LogP) is 2.51. The van der Waals surface area contributed by atoms with Crippen molar-refractivity contribution < 1.29 is 18.1 Å². The summed E-state index contributed by atoms with van der Waals surface area (Å²) >= 11 is 6.39. The van der Waals surface area contributed by atoms with E-state index in [-0.39, 0.29) is 25.8 Å². The first-order valence-electron chi connectivity index (χ1n) is 5.30. The molecule has 11 heteroatoms. The molecule has 1 N–H and O–H groups in total. The third-order valence-electron chi connectivity index (χ3n) is 2.36. The van der Waals surface area contributed by atoms with Crippen molar-refractivity contribution in [3.05, 3.63) is 39.0 Å². The van der Waals surface area contributed by atoms with E-state index in [2.05, 4.69) is 9.71 Å². The number of non-ortho nitro benzene ring substituents is 1. The van der Waals surface area contributed by atoms with Crippen LogP contribution in [0.25, 0.3) is 0 Å². The van der Waals surface area contributed by atoms with E-state index in [0.717, 1.165) is 23.6 Å². The van der Waals surface area contributed by atoms with E-state index in [1.54, 1.807) is 0 Å². The number of benzene rings is 1. The molecule has 2 aromatic rings. The molecule has 0 atom stereocenters. The fraction of sp³-hybridized carbons (Fsp3) is 0.100. The highest BCUT2D eigenvalue weighted by molar-refractivity contribution is 7.94. The maximum Gasteiger partial charge on any atom is 0.273 e. The third-order valence-corrected chi connectivity index (χ3v) is 5.30. The Labute approximate surface area is 128 Å². The lowest BCUT2D eigenvalue weighted by Crippen LogP contribution is -2.12. The van der Waals surface area contributed by atoms with Crippen molar-refractivity contribution in [2.45, 2.75) is 4.21 Å². The highest BCUT2D eigenvalue weighted by Crippen LogP contribution is 2.32. The Kier molecular flexibility index (Phi) is 4.30. The van der Waals surface area contributed by atoms with Gasteiger partial charge in [0.2, 0.25) is 0 Å². The number of nitrogens with zero attached hydrogens (tertiary/aromatic N) is 2. The molecule has 1 aromatic heterocycles. The van der Waals surface area contributed by atoms with Crippen molar-refractivity contribution in [1.29, 1.82) is 0 Å². The van der Waals surface area contributed by atoms with Crippen LogP contribution >= 0.6 is 22.9 Å². The second kappa shape index (κ2) is 5.84. The normalized spacial score (nSPS) is 11.1. The Morgan fingerprint density at radius 3 is 2.71 bits per heavy atom. The summed E-state index contributed by atoms with van der Waals surface area (Å²) in [4.78, 5) is 13.7. The smallest absolute Gasteiger partial charge is 0.273 e. The van der Waals surface area contributed by atoms with E-state index in [9.17, 15) is 18.5 Å². The van der Waals surface area contributed by atoms with Gasteiger partial charge in [-0.3, -0.25) is 14.8 Å². The Bertz CT molecular complexity index is 790. The largest absolute Gasteiger partial charge is 0.494 e. The number of aromatic nitrogens is 1. The summed E-state index contributed by atoms with van der Waals surface area (Å²) in [7, 11) is -2.61. The molecule has 0 saturated carbocycles. The van der Waals surface area contributed by atoms with Crippen LogP contribution in [-0.4, -0.2) is 25.4 Å². The number of hydrogen-bond acceptors (Lipinski definition) is 7. The molecule has 1 heterocycles. The van der Waals surface area contributed by atoms with Crippen LogP contribution in [0.3, 0.4) is 0 Å². The summed E-state index contributed by atoms with van der Waals surface area (Å²) in [5.41, 5.74) is -0.136. The minimum Gasteiger partial charge on any atom is -0.494 e. The number of rotatable bonds is 5. The molecule has 0 radical (unpaired) electrons. The minimum absolute atomic E-state index is 0.0309. The van der Waals surface area contributed by atoms with Crippen molar-refractivity contribution >= 4 is 44.3 Å². The molecular formula is C10H8ClN3O5S2. The fourth-order valence-corrected chi connectivity index (χ4v) is 3.80. The van der Waals surface area contributed by atoms with E-state index in [0.29, 0.717) is 0 Å². The second-order valence-electron chi connectivity index (χ2n) is 3.68. The van der Waals surface area contributed by atoms with Crippen LogP contribution in [0.4, 0.5) is 11.4 Å². The molecule has 21 heavy (non-hydrogen) atoms. The molecule has 0 aliphatic carbocycles. The standard InChI is InChI=1S/C10H8ClN3O5S2/c1-19-8-4-6(14(15)16)2-3-7(8)13-21(17,18)9-5-12-10(11)20-9/h2-5,13H,1H3. The zero-order valence-electron chi connectivity index (χ0n) is 10.4. The average molecular weight is 350 g/mol. The molecule has 0 fully saturated rings. The highest BCUT2D eigenvalue weighted by Gasteiger charge is 2.21. The van der Waals surface area contributed by atoms with Crippen molar-refractivity contribution in [1.82, 2.24) is 4.98 Å². The van der Waals surface area contributed by atoms with Crippen LogP contribution in [0.15, 0.2) is 28.6 Å². The molecule has 0 bridgehead atoms. The number of halogens is 1. The van der Waals surface area contributed by atoms with Crippen molar-refractivity contribution in [2.24, 2.45) is 0 Å². The molecule has 8 nitrogen and oxygen atoms in total. The number of nitro benzene ring substituents is 1. The lowest BCUT2D eigenvalue weighted by molar-refractivity contribution is -0.384. The zero-order valence-corrected chi connectivity index (χ0v) is 12.8. The maximum atomic E-state index is 12.1. The molecule has 0 saturated heterocycles. The predicted molar refractivity (Wildman–Crippen MR) is 77.6 cm³/mol. The summed E-state index contributed by atoms with van der Waals surface area (Å²) in [5, 5.41) is 10.7. The van der Waals surface area contributed by atoms with E-state index < -0.39 is 14.9 Å². The number of thiazole rings is 1. The van der Waals surface area contributed by atoms with Crippen LogP contribution in [-0.2, 0) is 10.0 Å². The van der Waals surface area contributed by atoms with E-state index in [4.69, 9.17) is 16.3 Å². The van der Waals surface area contributed by atoms with Gasteiger partial charge in [-0.2, -0.15) is 0 Å². The Hall–Kier alpha value is -1.91.